The summed E-state index contributed by atoms with van der Waals surface area (Å²) in [6.45, 7) is 10.5. The minimum absolute atomic E-state index is 0.0397. The van der Waals surface area contributed by atoms with Gasteiger partial charge in [0, 0.05) is 12.6 Å². The van der Waals surface area contributed by atoms with Gasteiger partial charge in [-0.3, -0.25) is 4.79 Å². The fourth-order valence-corrected chi connectivity index (χ4v) is 2.50. The lowest BCUT2D eigenvalue weighted by molar-refractivity contribution is -0.119. The molecule has 0 aliphatic heterocycles. The van der Waals surface area contributed by atoms with Crippen molar-refractivity contribution in [1.29, 1.82) is 0 Å². The number of carbonyl (C=O) groups excluding carboxylic acids is 1. The van der Waals surface area contributed by atoms with Crippen molar-refractivity contribution in [2.45, 2.75) is 45.9 Å². The van der Waals surface area contributed by atoms with Gasteiger partial charge in [-0.2, -0.15) is 0 Å². The number of hydrogen-bond donors (Lipinski definition) is 2. The molecule has 0 saturated carbocycles. The van der Waals surface area contributed by atoms with Crippen molar-refractivity contribution in [3.05, 3.63) is 0 Å². The predicted octanol–water partition coefficient (Wildman–Crippen LogP) is 0.560. The average molecular weight is 278 g/mol. The summed E-state index contributed by atoms with van der Waals surface area (Å²) in [6.07, 6.45) is 0. The summed E-state index contributed by atoms with van der Waals surface area (Å²) in [4.78, 5) is 11.4. The van der Waals surface area contributed by atoms with Crippen LogP contribution in [-0.2, 0) is 14.6 Å². The lowest BCUT2D eigenvalue weighted by atomic mass is 10.2. The monoisotopic (exact) mass is 278 g/mol. The highest BCUT2D eigenvalue weighted by Gasteiger charge is 2.24. The van der Waals surface area contributed by atoms with Crippen LogP contribution >= 0.6 is 0 Å². The van der Waals surface area contributed by atoms with Crippen molar-refractivity contribution in [3.8, 4) is 0 Å². The van der Waals surface area contributed by atoms with Gasteiger partial charge in [0.2, 0.25) is 5.91 Å². The highest BCUT2D eigenvalue weighted by Crippen LogP contribution is 2.01. The van der Waals surface area contributed by atoms with E-state index in [4.69, 9.17) is 0 Å². The zero-order chi connectivity index (χ0) is 14.3. The van der Waals surface area contributed by atoms with E-state index in [0.29, 0.717) is 12.5 Å². The molecule has 0 spiro atoms. The maximum atomic E-state index is 11.9. The zero-order valence-electron chi connectivity index (χ0n) is 12.0. The van der Waals surface area contributed by atoms with Crippen LogP contribution in [0.5, 0.6) is 0 Å². The van der Waals surface area contributed by atoms with Crippen LogP contribution < -0.4 is 10.6 Å². The van der Waals surface area contributed by atoms with E-state index in [2.05, 4.69) is 24.5 Å². The smallest absolute Gasteiger partial charge is 0.235 e. The first kappa shape index (κ1) is 17.4. The summed E-state index contributed by atoms with van der Waals surface area (Å²) >= 11 is 0. The first-order chi connectivity index (χ1) is 8.15. The van der Waals surface area contributed by atoms with Gasteiger partial charge in [-0.15, -0.1) is 0 Å². The SMILES string of the molecule is CC(C)CNCC(C)S(=O)(=O)CC(=O)NC(C)C. The van der Waals surface area contributed by atoms with Crippen LogP contribution in [0.4, 0.5) is 0 Å². The summed E-state index contributed by atoms with van der Waals surface area (Å²) in [5, 5.41) is 5.14. The van der Waals surface area contributed by atoms with Crippen molar-refractivity contribution in [2.24, 2.45) is 5.92 Å². The molecule has 1 atom stereocenters. The molecule has 0 aliphatic carbocycles. The second kappa shape index (κ2) is 7.74. The van der Waals surface area contributed by atoms with Crippen molar-refractivity contribution in [1.82, 2.24) is 10.6 Å². The number of carbonyl (C=O) groups is 1. The van der Waals surface area contributed by atoms with Gasteiger partial charge >= 0.3 is 0 Å². The number of sulfone groups is 1. The predicted molar refractivity (Wildman–Crippen MR) is 74.2 cm³/mol. The summed E-state index contributed by atoms with van der Waals surface area (Å²) < 4.78 is 23.8. The molecule has 1 unspecified atom stereocenters. The summed E-state index contributed by atoms with van der Waals surface area (Å²) in [5.74, 6) is -0.389. The Bertz CT molecular complexity index is 350. The van der Waals surface area contributed by atoms with Gasteiger partial charge in [-0.05, 0) is 33.2 Å². The van der Waals surface area contributed by atoms with E-state index in [9.17, 15) is 13.2 Å². The third kappa shape index (κ3) is 7.66. The van der Waals surface area contributed by atoms with Crippen LogP contribution in [0.3, 0.4) is 0 Å². The standard InChI is InChI=1S/C12H26N2O3S/c1-9(2)6-13-7-11(5)18(16,17)8-12(15)14-10(3)4/h9-11,13H,6-8H2,1-5H3,(H,14,15). The van der Waals surface area contributed by atoms with Crippen molar-refractivity contribution < 1.29 is 13.2 Å². The second-order valence-electron chi connectivity index (χ2n) is 5.39. The summed E-state index contributed by atoms with van der Waals surface area (Å²) in [5.41, 5.74) is 0. The van der Waals surface area contributed by atoms with Gasteiger partial charge in [0.1, 0.15) is 5.75 Å². The Kier molecular flexibility index (Phi) is 7.47. The Morgan fingerprint density at radius 2 is 1.61 bits per heavy atom. The normalized spacial score (nSPS) is 13.9. The number of rotatable bonds is 8. The van der Waals surface area contributed by atoms with E-state index < -0.39 is 26.7 Å². The van der Waals surface area contributed by atoms with Gasteiger partial charge in [-0.25, -0.2) is 8.42 Å². The maximum absolute atomic E-state index is 11.9. The molecular weight excluding hydrogens is 252 g/mol. The fraction of sp³-hybridized carbons (Fsp3) is 0.917. The Hall–Kier alpha value is -0.620. The molecule has 0 heterocycles. The van der Waals surface area contributed by atoms with Crippen LogP contribution in [0.25, 0.3) is 0 Å². The van der Waals surface area contributed by atoms with E-state index in [1.165, 1.54) is 0 Å². The van der Waals surface area contributed by atoms with E-state index in [1.54, 1.807) is 20.8 Å². The van der Waals surface area contributed by atoms with Crippen LogP contribution in [-0.4, -0.2) is 44.5 Å². The summed E-state index contributed by atoms with van der Waals surface area (Å²) in [7, 11) is -3.38. The minimum atomic E-state index is -3.38. The molecular formula is C12H26N2O3S. The molecule has 5 nitrogen and oxygen atoms in total. The first-order valence-corrected chi connectivity index (χ1v) is 8.08. The molecule has 0 radical (unpaired) electrons. The first-order valence-electron chi connectivity index (χ1n) is 6.36. The quantitative estimate of drug-likeness (QED) is 0.680. The topological polar surface area (TPSA) is 75.3 Å². The molecule has 0 bridgehead atoms. The third-order valence-corrected chi connectivity index (χ3v) is 4.44. The molecule has 0 aromatic carbocycles. The molecule has 0 aromatic heterocycles. The number of hydrogen-bond acceptors (Lipinski definition) is 4. The number of amides is 1. The largest absolute Gasteiger partial charge is 0.353 e. The van der Waals surface area contributed by atoms with E-state index >= 15 is 0 Å². The Morgan fingerprint density at radius 1 is 1.06 bits per heavy atom. The molecule has 0 aliphatic rings. The third-order valence-electron chi connectivity index (χ3n) is 2.38. The van der Waals surface area contributed by atoms with Crippen LogP contribution in [0.15, 0.2) is 0 Å². The average Bonchev–Trinajstić information content (AvgIpc) is 2.14. The molecule has 0 rings (SSSR count). The van der Waals surface area contributed by atoms with Gasteiger partial charge in [0.15, 0.2) is 9.84 Å². The van der Waals surface area contributed by atoms with Crippen LogP contribution in [0.2, 0.25) is 0 Å². The van der Waals surface area contributed by atoms with E-state index in [0.717, 1.165) is 6.54 Å². The van der Waals surface area contributed by atoms with Crippen molar-refractivity contribution >= 4 is 15.7 Å². The minimum Gasteiger partial charge on any atom is -0.353 e. The highest BCUT2D eigenvalue weighted by atomic mass is 32.2. The van der Waals surface area contributed by atoms with Crippen LogP contribution in [0.1, 0.15) is 34.6 Å². The summed E-state index contributed by atoms with van der Waals surface area (Å²) in [6, 6.07) is -0.0397. The fourth-order valence-electron chi connectivity index (χ4n) is 1.39. The van der Waals surface area contributed by atoms with Crippen LogP contribution in [0, 0.1) is 5.92 Å². The highest BCUT2D eigenvalue weighted by molar-refractivity contribution is 7.92. The lowest BCUT2D eigenvalue weighted by Gasteiger charge is -2.15. The van der Waals surface area contributed by atoms with Crippen molar-refractivity contribution in [2.75, 3.05) is 18.8 Å². The van der Waals surface area contributed by atoms with Gasteiger partial charge in [0.05, 0.1) is 5.25 Å². The maximum Gasteiger partial charge on any atom is 0.235 e. The zero-order valence-corrected chi connectivity index (χ0v) is 12.8. The number of nitrogens with one attached hydrogen (secondary N) is 2. The molecule has 0 fully saturated rings. The van der Waals surface area contributed by atoms with E-state index in [-0.39, 0.29) is 6.04 Å². The Labute approximate surface area is 111 Å². The molecule has 0 saturated heterocycles. The van der Waals surface area contributed by atoms with Gasteiger partial charge < -0.3 is 10.6 Å². The molecule has 1 amide bonds. The van der Waals surface area contributed by atoms with Gasteiger partial charge in [0.25, 0.3) is 0 Å². The Balaban J connectivity index is 4.23. The molecule has 108 valence electrons. The second-order valence-corrected chi connectivity index (χ2v) is 7.81. The van der Waals surface area contributed by atoms with Crippen molar-refractivity contribution in [3.63, 3.8) is 0 Å². The molecule has 6 heteroatoms. The lowest BCUT2D eigenvalue weighted by Crippen LogP contribution is -2.40. The van der Waals surface area contributed by atoms with E-state index in [1.807, 2.05) is 0 Å². The Morgan fingerprint density at radius 3 is 2.06 bits per heavy atom. The molecule has 0 aromatic rings. The molecule has 18 heavy (non-hydrogen) atoms. The molecule has 2 N–H and O–H groups in total. The van der Waals surface area contributed by atoms with Gasteiger partial charge in [-0.1, -0.05) is 13.8 Å².